The molecule has 2 heterocycles. The predicted molar refractivity (Wildman–Crippen MR) is 138 cm³/mol. The summed E-state index contributed by atoms with van der Waals surface area (Å²) in [7, 11) is -0.115. The molecule has 0 saturated heterocycles. The summed E-state index contributed by atoms with van der Waals surface area (Å²) in [5.74, 6) is -0.221. The van der Waals surface area contributed by atoms with Crippen molar-refractivity contribution in [2.45, 2.75) is 36.1 Å². The zero-order chi connectivity index (χ0) is 25.8. The number of nitrogens with zero attached hydrogens (tertiary/aromatic N) is 4. The highest BCUT2D eigenvalue weighted by Gasteiger charge is 2.46. The molecular weight excluding hydrogens is 500 g/mol. The Morgan fingerprint density at radius 1 is 1.11 bits per heavy atom. The molecule has 8 nitrogen and oxygen atoms in total. The lowest BCUT2D eigenvalue weighted by molar-refractivity contribution is -0.129. The van der Waals surface area contributed by atoms with E-state index in [9.17, 15) is 18.0 Å². The molecule has 1 aliphatic heterocycles. The van der Waals surface area contributed by atoms with Crippen molar-refractivity contribution in [3.05, 3.63) is 70.4 Å². The Hall–Kier alpha value is -3.17. The van der Waals surface area contributed by atoms with E-state index >= 15 is 0 Å². The van der Waals surface area contributed by atoms with Crippen molar-refractivity contribution < 1.29 is 18.0 Å². The molecule has 0 radical (unpaired) electrons. The molecule has 5 rings (SSSR count). The summed E-state index contributed by atoms with van der Waals surface area (Å²) in [5.41, 5.74) is 2.84. The van der Waals surface area contributed by atoms with Gasteiger partial charge in [0.1, 0.15) is 5.69 Å². The maximum Gasteiger partial charge on any atom is 0.277 e. The summed E-state index contributed by atoms with van der Waals surface area (Å²) in [4.78, 5) is 29.3. The van der Waals surface area contributed by atoms with Crippen LogP contribution in [0.1, 0.15) is 40.9 Å². The van der Waals surface area contributed by atoms with E-state index in [2.05, 4.69) is 5.10 Å². The van der Waals surface area contributed by atoms with Crippen LogP contribution in [0.2, 0.25) is 5.02 Å². The summed E-state index contributed by atoms with van der Waals surface area (Å²) in [6, 6.07) is 14.6. The van der Waals surface area contributed by atoms with Crippen LogP contribution in [-0.4, -0.2) is 61.8 Å². The molecular formula is C26H27ClN4O4S. The SMILES string of the molecule is CN(C)C(=O)CC1(c2ccc(N3CCc4c(S(C)(=O)=O)nn(-c5cccc(Cl)c5)c4C3=O)cc2)CC1. The molecule has 0 unspecified atom stereocenters. The molecule has 0 atom stereocenters. The van der Waals surface area contributed by atoms with Gasteiger partial charge in [-0.05, 0) is 55.2 Å². The van der Waals surface area contributed by atoms with Crippen molar-refractivity contribution in [1.82, 2.24) is 14.7 Å². The molecule has 0 N–H and O–H groups in total. The first-order chi connectivity index (χ1) is 17.0. The van der Waals surface area contributed by atoms with Gasteiger partial charge in [0.15, 0.2) is 14.9 Å². The topological polar surface area (TPSA) is 92.6 Å². The molecule has 188 valence electrons. The monoisotopic (exact) mass is 526 g/mol. The fourth-order valence-corrected chi connectivity index (χ4v) is 5.89. The average molecular weight is 527 g/mol. The standard InChI is InChI=1S/C26H27ClN4O4S/c1-29(2)22(32)16-26(12-13-26)17-7-9-19(10-8-17)30-14-11-21-23(25(30)33)31(28-24(21)36(3,34)35)20-6-4-5-18(27)15-20/h4-10,15H,11-14,16H2,1-3H3. The van der Waals surface area contributed by atoms with Gasteiger partial charge in [-0.15, -0.1) is 0 Å². The van der Waals surface area contributed by atoms with Gasteiger partial charge >= 0.3 is 0 Å². The lowest BCUT2D eigenvalue weighted by Gasteiger charge is -2.28. The predicted octanol–water partition coefficient (Wildman–Crippen LogP) is 3.64. The van der Waals surface area contributed by atoms with Crippen LogP contribution < -0.4 is 4.90 Å². The summed E-state index contributed by atoms with van der Waals surface area (Å²) in [6.45, 7) is 0.333. The number of amides is 2. The number of rotatable bonds is 6. The Morgan fingerprint density at radius 3 is 2.39 bits per heavy atom. The van der Waals surface area contributed by atoms with Crippen molar-refractivity contribution in [2.75, 3.05) is 31.8 Å². The number of carbonyl (C=O) groups excluding carboxylic acids is 2. The van der Waals surface area contributed by atoms with E-state index in [1.807, 2.05) is 24.3 Å². The van der Waals surface area contributed by atoms with Gasteiger partial charge in [0.25, 0.3) is 5.91 Å². The lowest BCUT2D eigenvalue weighted by Crippen LogP contribution is -2.39. The van der Waals surface area contributed by atoms with E-state index in [1.165, 1.54) is 4.68 Å². The fourth-order valence-electron chi connectivity index (χ4n) is 4.83. The van der Waals surface area contributed by atoms with Crippen LogP contribution in [0.25, 0.3) is 5.69 Å². The van der Waals surface area contributed by atoms with E-state index in [0.717, 1.165) is 24.7 Å². The van der Waals surface area contributed by atoms with Crippen LogP contribution in [0, 0.1) is 0 Å². The molecule has 0 bridgehead atoms. The van der Waals surface area contributed by atoms with Gasteiger partial charge in [-0.25, -0.2) is 13.1 Å². The molecule has 1 fully saturated rings. The van der Waals surface area contributed by atoms with E-state index < -0.39 is 9.84 Å². The van der Waals surface area contributed by atoms with Crippen molar-refractivity contribution in [1.29, 1.82) is 0 Å². The second-order valence-electron chi connectivity index (χ2n) is 9.80. The molecule has 10 heteroatoms. The minimum atomic E-state index is -3.64. The van der Waals surface area contributed by atoms with Crippen LogP contribution in [0.4, 0.5) is 5.69 Å². The third kappa shape index (κ3) is 4.30. The van der Waals surface area contributed by atoms with Crippen molar-refractivity contribution >= 4 is 38.9 Å². The number of hydrogen-bond donors (Lipinski definition) is 0. The molecule has 2 aromatic carbocycles. The number of fused-ring (bicyclic) bond motifs is 1. The second kappa shape index (κ2) is 8.74. The van der Waals surface area contributed by atoms with Crippen LogP contribution >= 0.6 is 11.6 Å². The number of aromatic nitrogens is 2. The molecule has 3 aromatic rings. The van der Waals surface area contributed by atoms with Crippen LogP contribution in [0.5, 0.6) is 0 Å². The molecule has 36 heavy (non-hydrogen) atoms. The van der Waals surface area contributed by atoms with Gasteiger partial charge in [0.05, 0.1) is 5.69 Å². The van der Waals surface area contributed by atoms with E-state index in [0.29, 0.717) is 41.3 Å². The number of carbonyl (C=O) groups is 2. The minimum absolute atomic E-state index is 0.0814. The normalized spacial score (nSPS) is 16.6. The summed E-state index contributed by atoms with van der Waals surface area (Å²) in [6.07, 6.45) is 3.85. The second-order valence-corrected chi connectivity index (χ2v) is 12.2. The fraction of sp³-hybridized carbons (Fsp3) is 0.346. The van der Waals surface area contributed by atoms with Crippen LogP contribution in [0.15, 0.2) is 53.6 Å². The van der Waals surface area contributed by atoms with E-state index in [-0.39, 0.29) is 27.9 Å². The van der Waals surface area contributed by atoms with Gasteiger partial charge in [0.2, 0.25) is 5.91 Å². The first kappa shape index (κ1) is 24.5. The van der Waals surface area contributed by atoms with Gasteiger partial charge in [-0.2, -0.15) is 5.10 Å². The highest BCUT2D eigenvalue weighted by molar-refractivity contribution is 7.90. The zero-order valence-corrected chi connectivity index (χ0v) is 21.9. The van der Waals surface area contributed by atoms with Crippen LogP contribution in [-0.2, 0) is 26.5 Å². The Labute approximate surface area is 215 Å². The summed E-state index contributed by atoms with van der Waals surface area (Å²) < 4.78 is 26.3. The van der Waals surface area contributed by atoms with Gasteiger partial charge in [-0.3, -0.25) is 9.59 Å². The average Bonchev–Trinajstić information content (AvgIpc) is 3.48. The summed E-state index contributed by atoms with van der Waals surface area (Å²) in [5, 5.41) is 4.71. The van der Waals surface area contributed by atoms with Crippen LogP contribution in [0.3, 0.4) is 0 Å². The minimum Gasteiger partial charge on any atom is -0.349 e. The first-order valence-corrected chi connectivity index (χ1v) is 14.0. The maximum atomic E-state index is 13.7. The van der Waals surface area contributed by atoms with Gasteiger partial charge in [0, 0.05) is 55.0 Å². The quantitative estimate of drug-likeness (QED) is 0.489. The summed E-state index contributed by atoms with van der Waals surface area (Å²) >= 11 is 6.16. The molecule has 2 aliphatic rings. The molecule has 1 aromatic heterocycles. The maximum absolute atomic E-state index is 13.7. The Bertz CT molecular complexity index is 1470. The first-order valence-electron chi connectivity index (χ1n) is 11.7. The lowest BCUT2D eigenvalue weighted by atomic mass is 9.91. The Morgan fingerprint density at radius 2 is 1.81 bits per heavy atom. The number of anilines is 1. The number of halogens is 1. The van der Waals surface area contributed by atoms with Crippen molar-refractivity contribution in [2.24, 2.45) is 0 Å². The Kier molecular flexibility index (Phi) is 5.95. The number of hydrogen-bond acceptors (Lipinski definition) is 5. The van der Waals surface area contributed by atoms with Crippen molar-refractivity contribution in [3.63, 3.8) is 0 Å². The van der Waals surface area contributed by atoms with Crippen molar-refractivity contribution in [3.8, 4) is 5.69 Å². The number of benzene rings is 2. The van der Waals surface area contributed by atoms with E-state index in [1.54, 1.807) is 48.2 Å². The Balaban J connectivity index is 1.50. The highest BCUT2D eigenvalue weighted by atomic mass is 35.5. The smallest absolute Gasteiger partial charge is 0.277 e. The third-order valence-electron chi connectivity index (χ3n) is 7.02. The molecule has 0 spiro atoms. The largest absolute Gasteiger partial charge is 0.349 e. The van der Waals surface area contributed by atoms with E-state index in [4.69, 9.17) is 11.6 Å². The van der Waals surface area contributed by atoms with Gasteiger partial charge in [-0.1, -0.05) is 29.8 Å². The molecule has 1 aliphatic carbocycles. The highest BCUT2D eigenvalue weighted by Crippen LogP contribution is 2.51. The molecule has 2 amide bonds. The van der Waals surface area contributed by atoms with Gasteiger partial charge < -0.3 is 9.80 Å². The number of sulfone groups is 1. The third-order valence-corrected chi connectivity index (χ3v) is 8.28. The molecule has 1 saturated carbocycles. The zero-order valence-electron chi connectivity index (χ0n) is 20.4.